The molecule has 1 heteroatoms. The molecule has 0 aromatic heterocycles. The molecule has 0 amide bonds. The third kappa shape index (κ3) is 3.80. The maximum Gasteiger partial charge on any atom is 0.0442 e. The van der Waals surface area contributed by atoms with Gasteiger partial charge in [-0.2, -0.15) is 0 Å². The molecule has 0 aliphatic carbocycles. The van der Waals surface area contributed by atoms with Crippen LogP contribution in [0.25, 0.3) is 27.5 Å². The average Bonchev–Trinajstić information content (AvgIpc) is 2.75. The molecular weight excluding hydrogens is 338 g/mol. The Bertz CT molecular complexity index is 1000. The highest BCUT2D eigenvalue weighted by Crippen LogP contribution is 2.39. The van der Waals surface area contributed by atoms with Crippen LogP contribution in [0, 0.1) is 0 Å². The summed E-state index contributed by atoms with van der Waals surface area (Å²) < 4.78 is 0. The quantitative estimate of drug-likeness (QED) is 0.395. The Morgan fingerprint density at radius 1 is 0.893 bits per heavy atom. The van der Waals surface area contributed by atoms with Crippen molar-refractivity contribution in [1.29, 1.82) is 0 Å². The topological polar surface area (TPSA) is 3.24 Å². The first-order valence-corrected chi connectivity index (χ1v) is 10.1. The molecule has 0 saturated heterocycles. The Morgan fingerprint density at radius 2 is 1.57 bits per heavy atom. The number of nitrogens with zero attached hydrogens (tertiary/aromatic N) is 1. The van der Waals surface area contributed by atoms with Crippen LogP contribution in [0.3, 0.4) is 0 Å². The van der Waals surface area contributed by atoms with E-state index in [1.807, 2.05) is 6.08 Å². The Labute approximate surface area is 169 Å². The van der Waals surface area contributed by atoms with Gasteiger partial charge >= 0.3 is 0 Å². The summed E-state index contributed by atoms with van der Waals surface area (Å²) in [7, 11) is 0. The Kier molecular flexibility index (Phi) is 6.49. The zero-order chi connectivity index (χ0) is 19.9. The molecule has 0 fully saturated rings. The standard InChI is InChI=1S/C27H29N/c1-5-14-26(28(7-3)8-4)23(6-2)27-24-18-13-12-17-22(24)19-20-25(27)21-15-10-9-11-16-21/h5-6,9-20H,1,7-8H2,2-4H3/b23-6+,26-14+. The van der Waals surface area contributed by atoms with Crippen LogP contribution in [0.15, 0.2) is 97.2 Å². The normalized spacial score (nSPS) is 12.2. The summed E-state index contributed by atoms with van der Waals surface area (Å²) in [4.78, 5) is 2.40. The predicted octanol–water partition coefficient (Wildman–Crippen LogP) is 7.32. The monoisotopic (exact) mass is 367 g/mol. The molecule has 0 spiro atoms. The SMILES string of the molecule is C=C/C=C(\C(=C/C)c1c(-c2ccccc2)ccc2ccccc12)N(CC)CC. The second-order valence-corrected chi connectivity index (χ2v) is 6.74. The highest BCUT2D eigenvalue weighted by Gasteiger charge is 2.18. The lowest BCUT2D eigenvalue weighted by Gasteiger charge is -2.28. The maximum atomic E-state index is 3.97. The number of rotatable bonds is 7. The molecule has 28 heavy (non-hydrogen) atoms. The first-order valence-electron chi connectivity index (χ1n) is 10.1. The molecule has 0 N–H and O–H groups in total. The number of benzene rings is 3. The third-order valence-corrected chi connectivity index (χ3v) is 5.23. The Hall–Kier alpha value is -3.06. The van der Waals surface area contributed by atoms with Crippen molar-refractivity contribution in [2.45, 2.75) is 20.8 Å². The van der Waals surface area contributed by atoms with Crippen molar-refractivity contribution in [3.63, 3.8) is 0 Å². The number of likely N-dealkylation sites (N-methyl/N-ethyl adjacent to an activating group) is 1. The van der Waals surface area contributed by atoms with E-state index >= 15 is 0 Å². The molecule has 0 unspecified atom stereocenters. The fourth-order valence-electron chi connectivity index (χ4n) is 3.88. The number of fused-ring (bicyclic) bond motifs is 1. The molecule has 0 heterocycles. The van der Waals surface area contributed by atoms with E-state index in [-0.39, 0.29) is 0 Å². The van der Waals surface area contributed by atoms with Crippen molar-refractivity contribution in [3.05, 3.63) is 103 Å². The minimum absolute atomic E-state index is 0.957. The van der Waals surface area contributed by atoms with Gasteiger partial charge in [-0.05, 0) is 54.3 Å². The molecule has 1 nitrogen and oxygen atoms in total. The van der Waals surface area contributed by atoms with Crippen LogP contribution in [-0.4, -0.2) is 18.0 Å². The fourth-order valence-corrected chi connectivity index (χ4v) is 3.88. The maximum absolute atomic E-state index is 3.97. The summed E-state index contributed by atoms with van der Waals surface area (Å²) >= 11 is 0. The molecule has 0 atom stereocenters. The molecular formula is C27H29N. The Morgan fingerprint density at radius 3 is 2.21 bits per heavy atom. The van der Waals surface area contributed by atoms with Crippen LogP contribution in [-0.2, 0) is 0 Å². The predicted molar refractivity (Wildman–Crippen MR) is 124 cm³/mol. The van der Waals surface area contributed by atoms with Crippen LogP contribution in [0.5, 0.6) is 0 Å². The van der Waals surface area contributed by atoms with Crippen LogP contribution >= 0.6 is 0 Å². The largest absolute Gasteiger partial charge is 0.372 e. The molecule has 3 aromatic carbocycles. The van der Waals surface area contributed by atoms with E-state index in [1.165, 1.54) is 38.7 Å². The summed E-state index contributed by atoms with van der Waals surface area (Å²) in [6.07, 6.45) is 6.27. The molecule has 3 aromatic rings. The summed E-state index contributed by atoms with van der Waals surface area (Å²) in [5.41, 5.74) is 6.25. The minimum atomic E-state index is 0.957. The van der Waals surface area contributed by atoms with Gasteiger partial charge in [0.05, 0.1) is 0 Å². The summed E-state index contributed by atoms with van der Waals surface area (Å²) in [6, 6.07) is 23.8. The van der Waals surface area contributed by atoms with E-state index in [1.54, 1.807) is 0 Å². The van der Waals surface area contributed by atoms with Gasteiger partial charge in [-0.15, -0.1) is 0 Å². The van der Waals surface area contributed by atoms with Gasteiger partial charge in [0.15, 0.2) is 0 Å². The smallest absolute Gasteiger partial charge is 0.0442 e. The van der Waals surface area contributed by atoms with E-state index in [4.69, 9.17) is 0 Å². The van der Waals surface area contributed by atoms with Crippen LogP contribution < -0.4 is 0 Å². The molecule has 3 rings (SSSR count). The highest BCUT2D eigenvalue weighted by atomic mass is 15.1. The van der Waals surface area contributed by atoms with E-state index in [0.29, 0.717) is 0 Å². The van der Waals surface area contributed by atoms with Gasteiger partial charge < -0.3 is 4.90 Å². The van der Waals surface area contributed by atoms with Gasteiger partial charge in [-0.25, -0.2) is 0 Å². The first kappa shape index (κ1) is 19.7. The van der Waals surface area contributed by atoms with E-state index in [2.05, 4.69) is 111 Å². The third-order valence-electron chi connectivity index (χ3n) is 5.23. The summed E-state index contributed by atoms with van der Waals surface area (Å²) in [5.74, 6) is 0. The summed E-state index contributed by atoms with van der Waals surface area (Å²) in [5, 5.41) is 2.54. The van der Waals surface area contributed by atoms with Gasteiger partial charge in [0, 0.05) is 24.4 Å². The van der Waals surface area contributed by atoms with E-state index in [0.717, 1.165) is 13.1 Å². The lowest BCUT2D eigenvalue weighted by atomic mass is 9.87. The molecule has 142 valence electrons. The van der Waals surface area contributed by atoms with Gasteiger partial charge in [0.2, 0.25) is 0 Å². The van der Waals surface area contributed by atoms with Gasteiger partial charge in [0.1, 0.15) is 0 Å². The van der Waals surface area contributed by atoms with Crippen LogP contribution in [0.4, 0.5) is 0 Å². The minimum Gasteiger partial charge on any atom is -0.372 e. The first-order chi connectivity index (χ1) is 13.7. The molecule has 0 aliphatic rings. The van der Waals surface area contributed by atoms with Crippen molar-refractivity contribution in [1.82, 2.24) is 4.90 Å². The lowest BCUT2D eigenvalue weighted by Crippen LogP contribution is -2.23. The van der Waals surface area contributed by atoms with Gasteiger partial charge in [0.25, 0.3) is 0 Å². The zero-order valence-electron chi connectivity index (χ0n) is 17.2. The van der Waals surface area contributed by atoms with E-state index < -0.39 is 0 Å². The molecule has 0 radical (unpaired) electrons. The van der Waals surface area contributed by atoms with Crippen LogP contribution in [0.2, 0.25) is 0 Å². The molecule has 0 saturated carbocycles. The molecule has 0 bridgehead atoms. The number of allylic oxidation sites excluding steroid dienone is 4. The average molecular weight is 368 g/mol. The lowest BCUT2D eigenvalue weighted by molar-refractivity contribution is 0.398. The number of hydrogen-bond donors (Lipinski definition) is 0. The van der Waals surface area contributed by atoms with Gasteiger partial charge in [-0.3, -0.25) is 0 Å². The second-order valence-electron chi connectivity index (χ2n) is 6.74. The highest BCUT2D eigenvalue weighted by molar-refractivity contribution is 6.03. The fraction of sp³-hybridized carbons (Fsp3) is 0.185. The second kappa shape index (κ2) is 9.23. The molecule has 0 aliphatic heterocycles. The van der Waals surface area contributed by atoms with Crippen molar-refractivity contribution in [2.75, 3.05) is 13.1 Å². The van der Waals surface area contributed by atoms with Crippen molar-refractivity contribution in [3.8, 4) is 11.1 Å². The Balaban J connectivity index is 2.35. The zero-order valence-corrected chi connectivity index (χ0v) is 17.2. The van der Waals surface area contributed by atoms with Crippen molar-refractivity contribution >= 4 is 16.3 Å². The van der Waals surface area contributed by atoms with Crippen LogP contribution in [0.1, 0.15) is 26.3 Å². The van der Waals surface area contributed by atoms with E-state index in [9.17, 15) is 0 Å². The number of hydrogen-bond acceptors (Lipinski definition) is 1. The van der Waals surface area contributed by atoms with Crippen molar-refractivity contribution < 1.29 is 0 Å². The van der Waals surface area contributed by atoms with Crippen molar-refractivity contribution in [2.24, 2.45) is 0 Å². The van der Waals surface area contributed by atoms with Gasteiger partial charge in [-0.1, -0.05) is 85.5 Å². The summed E-state index contributed by atoms with van der Waals surface area (Å²) in [6.45, 7) is 12.4.